The maximum absolute atomic E-state index is 8.25. The lowest BCUT2D eigenvalue weighted by Gasteiger charge is -2.35. The molecule has 0 aliphatic carbocycles. The second kappa shape index (κ2) is 54.3. The Kier molecular flexibility index (Phi) is 55.4. The zero-order chi connectivity index (χ0) is 44.1. The third-order valence-electron chi connectivity index (χ3n) is 13.7. The molecule has 0 radical (unpaired) electrons. The van der Waals surface area contributed by atoms with Gasteiger partial charge < -0.3 is 19.8 Å². The smallest absolute Gasteiger partial charge is 0.0784 e. The molecule has 0 bridgehead atoms. The van der Waals surface area contributed by atoms with Crippen LogP contribution in [-0.2, 0) is 0 Å². The molecule has 0 saturated heterocycles. The van der Waals surface area contributed by atoms with E-state index in [0.717, 1.165) is 0 Å². The Labute approximate surface area is 379 Å². The van der Waals surface area contributed by atoms with Crippen LogP contribution in [0.2, 0.25) is 0 Å². The Balaban J connectivity index is 0. The van der Waals surface area contributed by atoms with Crippen molar-refractivity contribution in [2.24, 2.45) is 0 Å². The first-order valence-electron chi connectivity index (χ1n) is 28.1. The molecular weight excluding hydrogens is 737 g/mol. The Hall–Kier alpha value is -0.840. The first kappa shape index (κ1) is 61.2. The summed E-state index contributed by atoms with van der Waals surface area (Å²) in [7, 11) is 2.64. The maximum atomic E-state index is 8.25. The minimum Gasteiger partial charge on any atom is -0.356 e. The van der Waals surface area contributed by atoms with Gasteiger partial charge in [-0.15, -0.1) is 0 Å². The summed E-state index contributed by atoms with van der Waals surface area (Å²) in [6.45, 7) is 11.3. The fourth-order valence-electron chi connectivity index (χ4n) is 9.46. The predicted molar refractivity (Wildman–Crippen MR) is 270 cm³/mol. The van der Waals surface area contributed by atoms with Gasteiger partial charge in [-0.25, -0.2) is 0 Å². The minimum atomic E-state index is -1.75. The zero-order valence-electron chi connectivity index (χ0n) is 42.2. The average molecular weight is 852 g/mol. The molecule has 0 spiro atoms. The van der Waals surface area contributed by atoms with Gasteiger partial charge in [-0.05, 0) is 38.5 Å². The predicted octanol–water partition coefficient (Wildman–Crippen LogP) is 20.0. The summed E-state index contributed by atoms with van der Waals surface area (Å²) >= 11 is 0. The second-order valence-corrected chi connectivity index (χ2v) is 19.9. The van der Waals surface area contributed by atoms with E-state index in [2.05, 4.69) is 27.8 Å². The quantitative estimate of drug-likeness (QED) is 0.0265. The number of unbranched alkanes of at least 4 members (excludes halogenated alkanes) is 45. The fourth-order valence-corrected chi connectivity index (χ4v) is 9.46. The summed E-state index contributed by atoms with van der Waals surface area (Å²) < 4.78 is 1.37. The van der Waals surface area contributed by atoms with Crippen molar-refractivity contribution >= 4 is 0 Å². The highest BCUT2D eigenvalue weighted by Crippen LogP contribution is 2.19. The zero-order valence-corrected chi connectivity index (χ0v) is 42.2. The van der Waals surface area contributed by atoms with E-state index in [1.165, 1.54) is 332 Å². The van der Waals surface area contributed by atoms with Crippen molar-refractivity contribution < 1.29 is 9.57 Å². The van der Waals surface area contributed by atoms with Crippen molar-refractivity contribution in [1.82, 2.24) is 0 Å². The monoisotopic (exact) mass is 851 g/mol. The van der Waals surface area contributed by atoms with Crippen LogP contribution in [0.25, 0.3) is 0 Å². The van der Waals surface area contributed by atoms with Crippen molar-refractivity contribution in [1.29, 1.82) is 0 Å². The molecule has 0 aromatic heterocycles. The van der Waals surface area contributed by atoms with Crippen LogP contribution in [0, 0.1) is 15.3 Å². The third-order valence-corrected chi connectivity index (χ3v) is 13.7. The molecule has 60 heavy (non-hydrogen) atoms. The molecule has 0 aliphatic rings. The van der Waals surface area contributed by atoms with Gasteiger partial charge in [0, 0.05) is 0 Å². The molecule has 0 atom stereocenters. The standard InChI is InChI=1S/C55H114N.NO3/c1-5-8-11-14-17-20-23-26-29-32-35-38-41-44-47-50-53-56(4,54-51-48-45-42-39-36-33-30-27-24-21-18-15-12-9-6-2)55-52-49-46-43-40-37-34-31-28-25-22-19-16-13-10-7-3;2-1(3)4/h5-55H2,1-4H3;/q+1;-1. The summed E-state index contributed by atoms with van der Waals surface area (Å²) in [5.41, 5.74) is 0. The number of hydrogen-bond donors (Lipinski definition) is 0. The first-order valence-corrected chi connectivity index (χ1v) is 28.1. The van der Waals surface area contributed by atoms with Crippen LogP contribution in [0.5, 0.6) is 0 Å². The van der Waals surface area contributed by atoms with Crippen LogP contribution in [0.4, 0.5) is 0 Å². The molecule has 362 valence electrons. The van der Waals surface area contributed by atoms with Crippen molar-refractivity contribution in [3.05, 3.63) is 15.3 Å². The molecule has 0 unspecified atom stereocenters. The van der Waals surface area contributed by atoms with Gasteiger partial charge in [0.15, 0.2) is 0 Å². The Morgan fingerprint density at radius 2 is 0.350 bits per heavy atom. The summed E-state index contributed by atoms with van der Waals surface area (Å²) in [4.78, 5) is 8.25. The van der Waals surface area contributed by atoms with E-state index < -0.39 is 5.09 Å². The van der Waals surface area contributed by atoms with E-state index in [1.54, 1.807) is 0 Å². The van der Waals surface area contributed by atoms with Crippen LogP contribution >= 0.6 is 0 Å². The normalized spacial score (nSPS) is 11.6. The van der Waals surface area contributed by atoms with Gasteiger partial charge in [-0.3, -0.25) is 0 Å². The van der Waals surface area contributed by atoms with Crippen molar-refractivity contribution in [2.75, 3.05) is 26.7 Å². The Bertz CT molecular complexity index is 684. The van der Waals surface area contributed by atoms with E-state index in [9.17, 15) is 0 Å². The molecule has 0 aromatic carbocycles. The molecule has 0 aliphatic heterocycles. The highest BCUT2D eigenvalue weighted by Gasteiger charge is 2.20. The Morgan fingerprint density at radius 3 is 0.467 bits per heavy atom. The molecule has 5 nitrogen and oxygen atoms in total. The molecule has 0 fully saturated rings. The topological polar surface area (TPSA) is 66.2 Å². The van der Waals surface area contributed by atoms with E-state index in [0.29, 0.717) is 0 Å². The van der Waals surface area contributed by atoms with Gasteiger partial charge >= 0.3 is 0 Å². The van der Waals surface area contributed by atoms with Gasteiger partial charge in [0.1, 0.15) is 0 Å². The van der Waals surface area contributed by atoms with Gasteiger partial charge in [0.05, 0.1) is 31.8 Å². The SMILES string of the molecule is CCCCCCCCCCCCCCCCCC[N+](C)(CCCCCCCCCCCCCCCCCC)CCCCCCCCCCCCCCCCCC.O=[N+]([O-])[O-]. The molecule has 0 heterocycles. The summed E-state index contributed by atoms with van der Waals surface area (Å²) in [5, 5.41) is 14.8. The molecule has 0 amide bonds. The maximum Gasteiger partial charge on any atom is 0.0784 e. The number of hydrogen-bond acceptors (Lipinski definition) is 3. The van der Waals surface area contributed by atoms with Crippen molar-refractivity contribution in [3.8, 4) is 0 Å². The summed E-state index contributed by atoms with van der Waals surface area (Å²) in [6.07, 6.45) is 70.7. The lowest BCUT2D eigenvalue weighted by atomic mass is 10.0. The van der Waals surface area contributed by atoms with E-state index in [-0.39, 0.29) is 0 Å². The first-order chi connectivity index (χ1) is 29.4. The molecular formula is C55H114N2O3. The number of quaternary nitrogens is 1. The number of rotatable bonds is 51. The van der Waals surface area contributed by atoms with Crippen LogP contribution < -0.4 is 0 Å². The Morgan fingerprint density at radius 1 is 0.250 bits per heavy atom. The summed E-state index contributed by atoms with van der Waals surface area (Å²) in [5.74, 6) is 0. The van der Waals surface area contributed by atoms with Crippen molar-refractivity contribution in [3.63, 3.8) is 0 Å². The van der Waals surface area contributed by atoms with Gasteiger partial charge in [-0.2, -0.15) is 0 Å². The molecule has 5 heteroatoms. The largest absolute Gasteiger partial charge is 0.356 e. The lowest BCUT2D eigenvalue weighted by molar-refractivity contribution is -0.910. The lowest BCUT2D eigenvalue weighted by Crippen LogP contribution is -2.46. The van der Waals surface area contributed by atoms with Crippen LogP contribution in [0.1, 0.15) is 329 Å². The third kappa shape index (κ3) is 57.2. The number of nitrogens with zero attached hydrogens (tertiary/aromatic N) is 2. The molecule has 0 N–H and O–H groups in total. The van der Waals surface area contributed by atoms with Gasteiger partial charge in [0.25, 0.3) is 0 Å². The highest BCUT2D eigenvalue weighted by atomic mass is 16.9. The highest BCUT2D eigenvalue weighted by molar-refractivity contribution is 4.55. The average Bonchev–Trinajstić information content (AvgIpc) is 3.23. The second-order valence-electron chi connectivity index (χ2n) is 19.9. The van der Waals surface area contributed by atoms with E-state index in [4.69, 9.17) is 15.3 Å². The molecule has 0 rings (SSSR count). The fraction of sp³-hybridized carbons (Fsp3) is 1.00. The van der Waals surface area contributed by atoms with Crippen LogP contribution in [0.3, 0.4) is 0 Å². The molecule has 0 aromatic rings. The molecule has 0 saturated carbocycles. The van der Waals surface area contributed by atoms with E-state index in [1.807, 2.05) is 0 Å². The van der Waals surface area contributed by atoms with Crippen molar-refractivity contribution in [2.45, 2.75) is 329 Å². The van der Waals surface area contributed by atoms with E-state index >= 15 is 0 Å². The summed E-state index contributed by atoms with van der Waals surface area (Å²) in [6, 6.07) is 0. The minimum absolute atomic E-state index is 1.37. The van der Waals surface area contributed by atoms with Crippen LogP contribution in [-0.4, -0.2) is 36.3 Å². The van der Waals surface area contributed by atoms with Crippen LogP contribution in [0.15, 0.2) is 0 Å². The van der Waals surface area contributed by atoms with Gasteiger partial charge in [-0.1, -0.05) is 290 Å². The van der Waals surface area contributed by atoms with Gasteiger partial charge in [0.2, 0.25) is 0 Å².